The Morgan fingerprint density at radius 2 is 1.85 bits per heavy atom. The molecular formula is C10H23IN2. The molecule has 1 N–H and O–H groups in total. The minimum atomic E-state index is 0. The van der Waals surface area contributed by atoms with Crippen LogP contribution in [0, 0.1) is 5.92 Å². The molecule has 0 saturated carbocycles. The molecule has 1 fully saturated rings. The van der Waals surface area contributed by atoms with E-state index in [2.05, 4.69) is 25.8 Å². The highest BCUT2D eigenvalue weighted by Gasteiger charge is 2.17. The largest absolute Gasteiger partial charge is 1.00 e. The summed E-state index contributed by atoms with van der Waals surface area (Å²) in [5, 5.41) is 0. The van der Waals surface area contributed by atoms with Crippen molar-refractivity contribution in [2.75, 3.05) is 39.8 Å². The lowest BCUT2D eigenvalue weighted by Gasteiger charge is -2.31. The molecule has 1 heterocycles. The molecule has 2 nitrogen and oxygen atoms in total. The lowest BCUT2D eigenvalue weighted by atomic mass is 10.1. The highest BCUT2D eigenvalue weighted by molar-refractivity contribution is 4.63. The third-order valence-corrected chi connectivity index (χ3v) is 2.98. The summed E-state index contributed by atoms with van der Waals surface area (Å²) in [5.41, 5.74) is 0. The normalized spacial score (nSPS) is 22.4. The highest BCUT2D eigenvalue weighted by atomic mass is 127. The summed E-state index contributed by atoms with van der Waals surface area (Å²) in [6.07, 6.45) is 1.32. The van der Waals surface area contributed by atoms with Crippen molar-refractivity contribution in [3.05, 3.63) is 0 Å². The summed E-state index contributed by atoms with van der Waals surface area (Å²) >= 11 is 0. The number of rotatable bonds is 3. The molecule has 13 heavy (non-hydrogen) atoms. The summed E-state index contributed by atoms with van der Waals surface area (Å²) in [4.78, 5) is 4.30. The fourth-order valence-corrected chi connectivity index (χ4v) is 1.69. The Balaban J connectivity index is 0.00000144. The van der Waals surface area contributed by atoms with E-state index in [0.717, 1.165) is 5.92 Å². The smallest absolute Gasteiger partial charge is 0.0898 e. The SMILES string of the molecule is CC[C@H](C)CN1CC[NH+](C)CC1.[I-]. The third-order valence-electron chi connectivity index (χ3n) is 2.98. The van der Waals surface area contributed by atoms with Gasteiger partial charge < -0.3 is 28.9 Å². The van der Waals surface area contributed by atoms with E-state index < -0.39 is 0 Å². The Kier molecular flexibility index (Phi) is 7.36. The molecule has 0 bridgehead atoms. The first-order chi connectivity index (χ1) is 5.72. The van der Waals surface area contributed by atoms with E-state index in [1.54, 1.807) is 4.90 Å². The molecular weight excluding hydrogens is 275 g/mol. The average molecular weight is 298 g/mol. The van der Waals surface area contributed by atoms with E-state index in [9.17, 15) is 0 Å². The van der Waals surface area contributed by atoms with Crippen LogP contribution in [0.2, 0.25) is 0 Å². The summed E-state index contributed by atoms with van der Waals surface area (Å²) in [6.45, 7) is 11.2. The zero-order valence-corrected chi connectivity index (χ0v) is 11.3. The first-order valence-corrected chi connectivity index (χ1v) is 5.26. The zero-order chi connectivity index (χ0) is 8.97. The van der Waals surface area contributed by atoms with Gasteiger partial charge in [-0.25, -0.2) is 0 Å². The Labute approximate surface area is 99.7 Å². The van der Waals surface area contributed by atoms with Gasteiger partial charge in [0.15, 0.2) is 0 Å². The summed E-state index contributed by atoms with van der Waals surface area (Å²) in [7, 11) is 2.29. The number of nitrogens with one attached hydrogen (secondary N) is 1. The molecule has 0 aromatic rings. The number of likely N-dealkylation sites (N-methyl/N-ethyl adjacent to an activating group) is 1. The van der Waals surface area contributed by atoms with E-state index in [-0.39, 0.29) is 24.0 Å². The molecule has 0 amide bonds. The van der Waals surface area contributed by atoms with Gasteiger partial charge in [-0.05, 0) is 5.92 Å². The minimum absolute atomic E-state index is 0. The maximum Gasteiger partial charge on any atom is 0.0898 e. The molecule has 0 unspecified atom stereocenters. The van der Waals surface area contributed by atoms with Crippen molar-refractivity contribution in [1.82, 2.24) is 4.90 Å². The van der Waals surface area contributed by atoms with Crippen molar-refractivity contribution in [2.45, 2.75) is 20.3 Å². The van der Waals surface area contributed by atoms with Gasteiger partial charge in [-0.1, -0.05) is 20.3 Å². The molecule has 0 aromatic carbocycles. The van der Waals surface area contributed by atoms with Gasteiger partial charge >= 0.3 is 0 Å². The van der Waals surface area contributed by atoms with Crippen LogP contribution in [0.5, 0.6) is 0 Å². The van der Waals surface area contributed by atoms with Crippen molar-refractivity contribution >= 4 is 0 Å². The van der Waals surface area contributed by atoms with Gasteiger partial charge in [0.25, 0.3) is 0 Å². The highest BCUT2D eigenvalue weighted by Crippen LogP contribution is 2.03. The first-order valence-electron chi connectivity index (χ1n) is 5.26. The Morgan fingerprint density at radius 1 is 1.31 bits per heavy atom. The third kappa shape index (κ3) is 5.18. The van der Waals surface area contributed by atoms with Crippen LogP contribution in [-0.4, -0.2) is 44.7 Å². The molecule has 1 atom stereocenters. The quantitative estimate of drug-likeness (QED) is 0.542. The summed E-state index contributed by atoms with van der Waals surface area (Å²) < 4.78 is 0. The molecule has 0 spiro atoms. The van der Waals surface area contributed by atoms with Crippen molar-refractivity contribution in [2.24, 2.45) is 5.92 Å². The lowest BCUT2D eigenvalue weighted by molar-refractivity contribution is -0.884. The minimum Gasteiger partial charge on any atom is -1.00 e. The molecule has 1 rings (SSSR count). The van der Waals surface area contributed by atoms with E-state index in [4.69, 9.17) is 0 Å². The van der Waals surface area contributed by atoms with Crippen LogP contribution in [0.3, 0.4) is 0 Å². The van der Waals surface area contributed by atoms with Gasteiger partial charge in [-0.3, -0.25) is 4.90 Å². The van der Waals surface area contributed by atoms with E-state index in [1.165, 1.54) is 39.1 Å². The van der Waals surface area contributed by atoms with Crippen LogP contribution in [0.25, 0.3) is 0 Å². The second-order valence-electron chi connectivity index (χ2n) is 4.27. The maximum absolute atomic E-state index is 2.61. The summed E-state index contributed by atoms with van der Waals surface area (Å²) in [5.74, 6) is 0.878. The predicted octanol–water partition coefficient (Wildman–Crippen LogP) is -3.13. The van der Waals surface area contributed by atoms with Gasteiger partial charge in [0.1, 0.15) is 0 Å². The van der Waals surface area contributed by atoms with Crippen LogP contribution in [0.15, 0.2) is 0 Å². The monoisotopic (exact) mass is 298 g/mol. The standard InChI is InChI=1S/C10H22N2.HI/c1-4-10(2)9-12-7-5-11(3)6-8-12;/h10H,4-9H2,1-3H3;1H/t10-;/m0./s1. The molecule has 1 aliphatic heterocycles. The Morgan fingerprint density at radius 3 is 2.31 bits per heavy atom. The Hall–Kier alpha value is 0.650. The lowest BCUT2D eigenvalue weighted by Crippen LogP contribution is -3.12. The molecule has 1 saturated heterocycles. The number of quaternary nitrogens is 1. The number of nitrogens with zero attached hydrogens (tertiary/aromatic N) is 1. The van der Waals surface area contributed by atoms with E-state index >= 15 is 0 Å². The van der Waals surface area contributed by atoms with Gasteiger partial charge in [-0.15, -0.1) is 0 Å². The molecule has 80 valence electrons. The maximum atomic E-state index is 2.61. The van der Waals surface area contributed by atoms with Gasteiger partial charge in [0, 0.05) is 19.6 Å². The number of hydrogen-bond acceptors (Lipinski definition) is 1. The van der Waals surface area contributed by atoms with Crippen molar-refractivity contribution in [3.8, 4) is 0 Å². The first kappa shape index (κ1) is 13.7. The zero-order valence-electron chi connectivity index (χ0n) is 9.15. The second kappa shape index (κ2) is 7.01. The van der Waals surface area contributed by atoms with Crippen LogP contribution < -0.4 is 28.9 Å². The van der Waals surface area contributed by atoms with Crippen molar-refractivity contribution in [1.29, 1.82) is 0 Å². The number of piperazine rings is 1. The molecule has 3 heteroatoms. The van der Waals surface area contributed by atoms with E-state index in [0.29, 0.717) is 0 Å². The fourth-order valence-electron chi connectivity index (χ4n) is 1.69. The number of hydrogen-bond donors (Lipinski definition) is 1. The topological polar surface area (TPSA) is 7.68 Å². The van der Waals surface area contributed by atoms with Crippen molar-refractivity contribution in [3.63, 3.8) is 0 Å². The van der Waals surface area contributed by atoms with Crippen LogP contribution in [0.1, 0.15) is 20.3 Å². The van der Waals surface area contributed by atoms with Gasteiger partial charge in [0.2, 0.25) is 0 Å². The van der Waals surface area contributed by atoms with Crippen LogP contribution >= 0.6 is 0 Å². The molecule has 0 aromatic heterocycles. The van der Waals surface area contributed by atoms with Gasteiger partial charge in [-0.2, -0.15) is 0 Å². The van der Waals surface area contributed by atoms with Crippen LogP contribution in [0.4, 0.5) is 0 Å². The second-order valence-corrected chi connectivity index (χ2v) is 4.27. The molecule has 1 aliphatic rings. The predicted molar refractivity (Wildman–Crippen MR) is 52.5 cm³/mol. The van der Waals surface area contributed by atoms with Crippen LogP contribution in [-0.2, 0) is 0 Å². The van der Waals surface area contributed by atoms with Gasteiger partial charge in [0.05, 0.1) is 20.1 Å². The van der Waals surface area contributed by atoms with Crippen molar-refractivity contribution < 1.29 is 28.9 Å². The molecule has 0 radical (unpaired) electrons. The summed E-state index contributed by atoms with van der Waals surface area (Å²) in [6, 6.07) is 0. The Bertz CT molecular complexity index is 122. The fraction of sp³-hybridized carbons (Fsp3) is 1.00. The average Bonchev–Trinajstić information content (AvgIpc) is 2.09. The number of halogens is 1. The molecule has 0 aliphatic carbocycles. The van der Waals surface area contributed by atoms with E-state index in [1.807, 2.05) is 0 Å².